The fraction of sp³-hybridized carbons (Fsp3) is 0.182. The van der Waals surface area contributed by atoms with Crippen molar-refractivity contribution in [2.45, 2.75) is 13.5 Å². The first-order chi connectivity index (χ1) is 8.56. The molecule has 1 amide bonds. The first kappa shape index (κ1) is 12.0. The molecule has 3 N–H and O–H groups in total. The maximum atomic E-state index is 12.9. The highest BCUT2D eigenvalue weighted by molar-refractivity contribution is 5.98. The van der Waals surface area contributed by atoms with Gasteiger partial charge < -0.3 is 15.5 Å². The Kier molecular flexibility index (Phi) is 3.22. The summed E-state index contributed by atoms with van der Waals surface area (Å²) in [5.41, 5.74) is 5.47. The molecular formula is C11H11FN4O2. The highest BCUT2D eigenvalue weighted by atomic mass is 19.1. The molecule has 0 aliphatic rings. The Morgan fingerprint density at radius 3 is 2.94 bits per heavy atom. The lowest BCUT2D eigenvalue weighted by Crippen LogP contribution is -2.24. The Labute approximate surface area is 102 Å². The zero-order chi connectivity index (χ0) is 13.1. The minimum absolute atomic E-state index is 0.0155. The van der Waals surface area contributed by atoms with Crippen LogP contribution in [-0.4, -0.2) is 15.9 Å². The zero-order valence-electron chi connectivity index (χ0n) is 9.61. The number of anilines is 1. The number of halogens is 1. The average molecular weight is 250 g/mol. The van der Waals surface area contributed by atoms with Crippen LogP contribution in [0.3, 0.4) is 0 Å². The monoisotopic (exact) mass is 250 g/mol. The molecule has 0 bridgehead atoms. The van der Waals surface area contributed by atoms with Crippen molar-refractivity contribution in [1.82, 2.24) is 15.3 Å². The van der Waals surface area contributed by atoms with E-state index >= 15 is 0 Å². The standard InChI is InChI=1S/C11H11FN4O2/c1-6-3-14-9(18-6)5-16-11(17)8-2-7(12)4-15-10(8)13/h2-4H,5H2,1H3,(H2,13,15)(H,16,17). The molecule has 6 nitrogen and oxygen atoms in total. The highest BCUT2D eigenvalue weighted by Gasteiger charge is 2.12. The van der Waals surface area contributed by atoms with Gasteiger partial charge in [0.1, 0.15) is 17.4 Å². The van der Waals surface area contributed by atoms with Gasteiger partial charge in [-0.1, -0.05) is 0 Å². The second kappa shape index (κ2) is 4.82. The molecule has 94 valence electrons. The van der Waals surface area contributed by atoms with Gasteiger partial charge in [0.2, 0.25) is 5.89 Å². The number of amides is 1. The number of aryl methyl sites for hydroxylation is 1. The Hall–Kier alpha value is -2.44. The van der Waals surface area contributed by atoms with Crippen molar-refractivity contribution < 1.29 is 13.6 Å². The first-order valence-corrected chi connectivity index (χ1v) is 5.17. The summed E-state index contributed by atoms with van der Waals surface area (Å²) in [6.07, 6.45) is 2.49. The number of hydrogen-bond donors (Lipinski definition) is 2. The molecule has 0 saturated heterocycles. The summed E-state index contributed by atoms with van der Waals surface area (Å²) < 4.78 is 18.1. The van der Waals surface area contributed by atoms with Crippen LogP contribution in [0.2, 0.25) is 0 Å². The van der Waals surface area contributed by atoms with E-state index in [1.807, 2.05) is 0 Å². The minimum Gasteiger partial charge on any atom is -0.444 e. The summed E-state index contributed by atoms with van der Waals surface area (Å²) in [5.74, 6) is -0.177. The van der Waals surface area contributed by atoms with Crippen LogP contribution < -0.4 is 11.1 Å². The van der Waals surface area contributed by atoms with Crippen molar-refractivity contribution in [3.05, 3.63) is 41.5 Å². The summed E-state index contributed by atoms with van der Waals surface area (Å²) in [6.45, 7) is 1.84. The molecule has 18 heavy (non-hydrogen) atoms. The molecule has 0 saturated carbocycles. The second-order valence-electron chi connectivity index (χ2n) is 3.63. The summed E-state index contributed by atoms with van der Waals surface area (Å²) in [5, 5.41) is 2.51. The first-order valence-electron chi connectivity index (χ1n) is 5.17. The summed E-state index contributed by atoms with van der Waals surface area (Å²) in [4.78, 5) is 19.2. The van der Waals surface area contributed by atoms with Crippen molar-refractivity contribution in [3.8, 4) is 0 Å². The highest BCUT2D eigenvalue weighted by Crippen LogP contribution is 2.10. The maximum Gasteiger partial charge on any atom is 0.255 e. The second-order valence-corrected chi connectivity index (χ2v) is 3.63. The Balaban J connectivity index is 2.05. The van der Waals surface area contributed by atoms with E-state index in [-0.39, 0.29) is 17.9 Å². The fourth-order valence-corrected chi connectivity index (χ4v) is 1.37. The van der Waals surface area contributed by atoms with Gasteiger partial charge in [0.15, 0.2) is 0 Å². The van der Waals surface area contributed by atoms with E-state index in [2.05, 4.69) is 15.3 Å². The van der Waals surface area contributed by atoms with Gasteiger partial charge in [-0.2, -0.15) is 0 Å². The van der Waals surface area contributed by atoms with Crippen molar-refractivity contribution in [1.29, 1.82) is 0 Å². The number of aromatic nitrogens is 2. The largest absolute Gasteiger partial charge is 0.444 e. The minimum atomic E-state index is -0.624. The van der Waals surface area contributed by atoms with Crippen LogP contribution in [0.1, 0.15) is 22.0 Å². The summed E-state index contributed by atoms with van der Waals surface area (Å²) in [6, 6.07) is 1.03. The molecule has 0 fully saturated rings. The van der Waals surface area contributed by atoms with Gasteiger partial charge in [-0.25, -0.2) is 14.4 Å². The third-order valence-electron chi connectivity index (χ3n) is 2.20. The number of carbonyl (C=O) groups is 1. The van der Waals surface area contributed by atoms with E-state index in [0.29, 0.717) is 11.7 Å². The van der Waals surface area contributed by atoms with Crippen LogP contribution in [-0.2, 0) is 6.54 Å². The van der Waals surface area contributed by atoms with Crippen molar-refractivity contribution in [2.75, 3.05) is 5.73 Å². The third kappa shape index (κ3) is 2.62. The fourth-order valence-electron chi connectivity index (χ4n) is 1.37. The van der Waals surface area contributed by atoms with Crippen LogP contribution in [0.5, 0.6) is 0 Å². The molecule has 2 aromatic rings. The lowest BCUT2D eigenvalue weighted by atomic mass is 10.2. The van der Waals surface area contributed by atoms with Crippen LogP contribution in [0.4, 0.5) is 10.2 Å². The molecule has 0 aliphatic carbocycles. The van der Waals surface area contributed by atoms with Crippen molar-refractivity contribution in [2.24, 2.45) is 0 Å². The number of carbonyl (C=O) groups excluding carboxylic acids is 1. The number of hydrogen-bond acceptors (Lipinski definition) is 5. The number of nitrogen functional groups attached to an aromatic ring is 1. The summed E-state index contributed by atoms with van der Waals surface area (Å²) in [7, 11) is 0. The number of rotatable bonds is 3. The van der Waals surface area contributed by atoms with Crippen LogP contribution >= 0.6 is 0 Å². The Morgan fingerprint density at radius 1 is 1.50 bits per heavy atom. The smallest absolute Gasteiger partial charge is 0.255 e. The zero-order valence-corrected chi connectivity index (χ0v) is 9.61. The quantitative estimate of drug-likeness (QED) is 0.848. The van der Waals surface area contributed by atoms with E-state index in [0.717, 1.165) is 12.3 Å². The van der Waals surface area contributed by atoms with Crippen LogP contribution in [0.15, 0.2) is 22.9 Å². The Morgan fingerprint density at radius 2 is 2.28 bits per heavy atom. The van der Waals surface area contributed by atoms with Gasteiger partial charge >= 0.3 is 0 Å². The van der Waals surface area contributed by atoms with E-state index in [1.165, 1.54) is 0 Å². The van der Waals surface area contributed by atoms with E-state index in [4.69, 9.17) is 10.2 Å². The van der Waals surface area contributed by atoms with Crippen molar-refractivity contribution >= 4 is 11.7 Å². The topological polar surface area (TPSA) is 94.0 Å². The van der Waals surface area contributed by atoms with Crippen molar-refractivity contribution in [3.63, 3.8) is 0 Å². The SMILES string of the molecule is Cc1cnc(CNC(=O)c2cc(F)cnc2N)o1. The third-order valence-corrected chi connectivity index (χ3v) is 2.20. The van der Waals surface area contributed by atoms with E-state index < -0.39 is 11.7 Å². The normalized spacial score (nSPS) is 10.3. The van der Waals surface area contributed by atoms with Gasteiger partial charge in [-0.05, 0) is 13.0 Å². The molecule has 2 aromatic heterocycles. The number of pyridine rings is 1. The maximum absolute atomic E-state index is 12.9. The van der Waals surface area contributed by atoms with E-state index in [1.54, 1.807) is 13.1 Å². The lowest BCUT2D eigenvalue weighted by Gasteiger charge is -2.05. The van der Waals surface area contributed by atoms with Gasteiger partial charge in [0.25, 0.3) is 5.91 Å². The molecule has 0 unspecified atom stereocenters. The number of nitrogens with zero attached hydrogens (tertiary/aromatic N) is 2. The predicted molar refractivity (Wildman–Crippen MR) is 61.0 cm³/mol. The molecule has 0 atom stereocenters. The molecule has 0 spiro atoms. The molecular weight excluding hydrogens is 239 g/mol. The van der Waals surface area contributed by atoms with Gasteiger partial charge in [0.05, 0.1) is 24.5 Å². The molecule has 2 heterocycles. The van der Waals surface area contributed by atoms with E-state index in [9.17, 15) is 9.18 Å². The molecule has 0 radical (unpaired) electrons. The number of oxazole rings is 1. The van der Waals surface area contributed by atoms with Gasteiger partial charge in [0, 0.05) is 0 Å². The van der Waals surface area contributed by atoms with Crippen LogP contribution in [0.25, 0.3) is 0 Å². The molecule has 0 aromatic carbocycles. The number of nitrogens with one attached hydrogen (secondary N) is 1. The van der Waals surface area contributed by atoms with Gasteiger partial charge in [-0.15, -0.1) is 0 Å². The molecule has 7 heteroatoms. The molecule has 2 rings (SSSR count). The predicted octanol–water partition coefficient (Wildman–Crippen LogP) is 1.03. The summed E-state index contributed by atoms with van der Waals surface area (Å²) >= 11 is 0. The number of nitrogens with two attached hydrogens (primary N) is 1. The average Bonchev–Trinajstić information content (AvgIpc) is 2.75. The lowest BCUT2D eigenvalue weighted by molar-refractivity contribution is 0.0947. The van der Waals surface area contributed by atoms with Gasteiger partial charge in [-0.3, -0.25) is 4.79 Å². The Bertz CT molecular complexity index is 582. The van der Waals surface area contributed by atoms with Crippen LogP contribution in [0, 0.1) is 12.7 Å². The molecule has 0 aliphatic heterocycles.